The molecule has 2 rings (SSSR count). The number of carbonyl (C=O) groups excluding carboxylic acids is 1. The third kappa shape index (κ3) is 3.28. The Kier molecular flexibility index (Phi) is 4.24. The molecule has 3 N–H and O–H groups in total. The highest BCUT2D eigenvalue weighted by molar-refractivity contribution is 5.95. The number of hydrogen-bond donors (Lipinski definition) is 2. The molecule has 0 fully saturated rings. The lowest BCUT2D eigenvalue weighted by Gasteiger charge is -2.07. The summed E-state index contributed by atoms with van der Waals surface area (Å²) in [6, 6.07) is 5.24. The van der Waals surface area contributed by atoms with Gasteiger partial charge in [0, 0.05) is 25.0 Å². The molecule has 0 aliphatic rings. The predicted molar refractivity (Wildman–Crippen MR) is 71.0 cm³/mol. The number of nitrogen functional groups attached to an aromatic ring is 1. The summed E-state index contributed by atoms with van der Waals surface area (Å²) in [5.41, 5.74) is 5.79. The van der Waals surface area contributed by atoms with E-state index in [9.17, 15) is 13.6 Å². The summed E-state index contributed by atoms with van der Waals surface area (Å²) in [7, 11) is 0. The fourth-order valence-electron chi connectivity index (χ4n) is 1.70. The summed E-state index contributed by atoms with van der Waals surface area (Å²) in [5, 5.41) is 2.56. The van der Waals surface area contributed by atoms with Gasteiger partial charge in [-0.3, -0.25) is 9.78 Å². The zero-order valence-corrected chi connectivity index (χ0v) is 10.6. The summed E-state index contributed by atoms with van der Waals surface area (Å²) in [6.45, 7) is 0.333. The molecule has 104 valence electrons. The molecule has 20 heavy (non-hydrogen) atoms. The van der Waals surface area contributed by atoms with Crippen molar-refractivity contribution in [3.8, 4) is 0 Å². The predicted octanol–water partition coefficient (Wildman–Crippen LogP) is 1.91. The Balaban J connectivity index is 1.97. The van der Waals surface area contributed by atoms with Crippen LogP contribution in [0.3, 0.4) is 0 Å². The third-order valence-electron chi connectivity index (χ3n) is 2.78. The van der Waals surface area contributed by atoms with E-state index < -0.39 is 17.5 Å². The zero-order chi connectivity index (χ0) is 14.5. The van der Waals surface area contributed by atoms with E-state index in [1.807, 2.05) is 12.1 Å². The van der Waals surface area contributed by atoms with Crippen molar-refractivity contribution in [2.75, 3.05) is 12.3 Å². The highest BCUT2D eigenvalue weighted by Crippen LogP contribution is 2.16. The number of rotatable bonds is 4. The second-order valence-electron chi connectivity index (χ2n) is 4.21. The standard InChI is InChI=1S/C14H13F2N3O/c15-11-8-12(16)13(17)7-10(11)14(20)19-6-3-9-1-4-18-5-2-9/h1-2,4-5,7-8H,3,6,17H2,(H,19,20). The minimum Gasteiger partial charge on any atom is -0.396 e. The molecule has 0 aliphatic carbocycles. The fraction of sp³-hybridized carbons (Fsp3) is 0.143. The van der Waals surface area contributed by atoms with Crippen molar-refractivity contribution in [2.45, 2.75) is 6.42 Å². The highest BCUT2D eigenvalue weighted by Gasteiger charge is 2.14. The van der Waals surface area contributed by atoms with Gasteiger partial charge in [-0.15, -0.1) is 0 Å². The third-order valence-corrected chi connectivity index (χ3v) is 2.78. The van der Waals surface area contributed by atoms with E-state index in [4.69, 9.17) is 5.73 Å². The average molecular weight is 277 g/mol. The number of carbonyl (C=O) groups is 1. The normalized spacial score (nSPS) is 10.3. The summed E-state index contributed by atoms with van der Waals surface area (Å²) in [6.07, 6.45) is 3.89. The number of anilines is 1. The molecule has 4 nitrogen and oxygen atoms in total. The molecule has 6 heteroatoms. The van der Waals surface area contributed by atoms with E-state index in [-0.39, 0.29) is 11.3 Å². The van der Waals surface area contributed by atoms with Crippen LogP contribution in [0.15, 0.2) is 36.7 Å². The number of hydrogen-bond acceptors (Lipinski definition) is 3. The number of nitrogens with two attached hydrogens (primary N) is 1. The molecule has 0 atom stereocenters. The van der Waals surface area contributed by atoms with Gasteiger partial charge in [0.05, 0.1) is 11.3 Å². The van der Waals surface area contributed by atoms with Crippen molar-refractivity contribution < 1.29 is 13.6 Å². The van der Waals surface area contributed by atoms with Gasteiger partial charge in [0.2, 0.25) is 0 Å². The summed E-state index contributed by atoms with van der Waals surface area (Å²) < 4.78 is 26.5. The van der Waals surface area contributed by atoms with Gasteiger partial charge in [0.1, 0.15) is 11.6 Å². The molecular weight excluding hydrogens is 264 g/mol. The molecule has 1 amide bonds. The van der Waals surface area contributed by atoms with Crippen molar-refractivity contribution in [1.29, 1.82) is 0 Å². The van der Waals surface area contributed by atoms with Crippen molar-refractivity contribution in [3.63, 3.8) is 0 Å². The topological polar surface area (TPSA) is 68.0 Å². The lowest BCUT2D eigenvalue weighted by molar-refractivity contribution is 0.0950. The van der Waals surface area contributed by atoms with E-state index in [0.717, 1.165) is 11.6 Å². The summed E-state index contributed by atoms with van der Waals surface area (Å²) in [4.78, 5) is 15.7. The molecule has 0 bridgehead atoms. The van der Waals surface area contributed by atoms with Crippen molar-refractivity contribution in [1.82, 2.24) is 10.3 Å². The van der Waals surface area contributed by atoms with Gasteiger partial charge in [0.15, 0.2) is 0 Å². The van der Waals surface area contributed by atoms with Gasteiger partial charge in [-0.05, 0) is 30.2 Å². The van der Waals surface area contributed by atoms with Crippen LogP contribution in [0.25, 0.3) is 0 Å². The first-order valence-electron chi connectivity index (χ1n) is 5.99. The maximum absolute atomic E-state index is 13.5. The van der Waals surface area contributed by atoms with Crippen LogP contribution in [-0.4, -0.2) is 17.4 Å². The lowest BCUT2D eigenvalue weighted by Crippen LogP contribution is -2.26. The van der Waals surface area contributed by atoms with Crippen molar-refractivity contribution in [3.05, 3.63) is 59.4 Å². The van der Waals surface area contributed by atoms with Crippen LogP contribution in [0, 0.1) is 11.6 Å². The number of pyridine rings is 1. The molecule has 0 radical (unpaired) electrons. The zero-order valence-electron chi connectivity index (χ0n) is 10.6. The fourth-order valence-corrected chi connectivity index (χ4v) is 1.70. The molecule has 0 unspecified atom stereocenters. The number of benzene rings is 1. The smallest absolute Gasteiger partial charge is 0.254 e. The molecule has 1 aromatic carbocycles. The molecule has 0 saturated heterocycles. The van der Waals surface area contributed by atoms with Crippen LogP contribution in [0.4, 0.5) is 14.5 Å². The number of nitrogens with zero attached hydrogens (tertiary/aromatic N) is 1. The van der Waals surface area contributed by atoms with E-state index in [1.165, 1.54) is 0 Å². The van der Waals surface area contributed by atoms with E-state index in [0.29, 0.717) is 19.0 Å². The van der Waals surface area contributed by atoms with E-state index in [2.05, 4.69) is 10.3 Å². The maximum Gasteiger partial charge on any atom is 0.254 e. The number of nitrogens with one attached hydrogen (secondary N) is 1. The first kappa shape index (κ1) is 13.9. The minimum atomic E-state index is -0.932. The van der Waals surface area contributed by atoms with Crippen molar-refractivity contribution in [2.24, 2.45) is 0 Å². The highest BCUT2D eigenvalue weighted by atomic mass is 19.1. The van der Waals surface area contributed by atoms with Crippen LogP contribution in [-0.2, 0) is 6.42 Å². The Morgan fingerprint density at radius 3 is 2.60 bits per heavy atom. The lowest BCUT2D eigenvalue weighted by atomic mass is 10.1. The molecule has 1 aromatic heterocycles. The first-order chi connectivity index (χ1) is 9.58. The Bertz CT molecular complexity index is 617. The first-order valence-corrected chi connectivity index (χ1v) is 5.99. The van der Waals surface area contributed by atoms with Crippen LogP contribution < -0.4 is 11.1 Å². The molecular formula is C14H13F2N3O. The van der Waals surface area contributed by atoms with Crippen LogP contribution >= 0.6 is 0 Å². The summed E-state index contributed by atoms with van der Waals surface area (Å²) >= 11 is 0. The van der Waals surface area contributed by atoms with Gasteiger partial charge in [-0.2, -0.15) is 0 Å². The quantitative estimate of drug-likeness (QED) is 0.839. The SMILES string of the molecule is Nc1cc(C(=O)NCCc2ccncc2)c(F)cc1F. The molecule has 2 aromatic rings. The van der Waals surface area contributed by atoms with Gasteiger partial charge >= 0.3 is 0 Å². The van der Waals surface area contributed by atoms with Crippen LogP contribution in [0.2, 0.25) is 0 Å². The molecule has 0 saturated carbocycles. The maximum atomic E-state index is 13.5. The van der Waals surface area contributed by atoms with Crippen LogP contribution in [0.5, 0.6) is 0 Å². The van der Waals surface area contributed by atoms with E-state index in [1.54, 1.807) is 12.4 Å². The second-order valence-corrected chi connectivity index (χ2v) is 4.21. The van der Waals surface area contributed by atoms with Crippen molar-refractivity contribution >= 4 is 11.6 Å². The Morgan fingerprint density at radius 2 is 1.90 bits per heavy atom. The summed E-state index contributed by atoms with van der Waals surface area (Å²) in [5.74, 6) is -2.43. The Hall–Kier alpha value is -2.50. The van der Waals surface area contributed by atoms with Gasteiger partial charge in [-0.1, -0.05) is 0 Å². The minimum absolute atomic E-state index is 0.259. The monoisotopic (exact) mass is 277 g/mol. The van der Waals surface area contributed by atoms with Gasteiger partial charge in [-0.25, -0.2) is 8.78 Å². The molecule has 1 heterocycles. The number of aromatic nitrogens is 1. The number of halogens is 2. The Labute approximate surface area is 114 Å². The second kappa shape index (κ2) is 6.10. The molecule has 0 aliphatic heterocycles. The molecule has 0 spiro atoms. The van der Waals surface area contributed by atoms with E-state index >= 15 is 0 Å². The average Bonchev–Trinajstić information content (AvgIpc) is 2.44. The van der Waals surface area contributed by atoms with Crippen LogP contribution in [0.1, 0.15) is 15.9 Å². The number of amides is 1. The van der Waals surface area contributed by atoms with Gasteiger partial charge in [0.25, 0.3) is 5.91 Å². The van der Waals surface area contributed by atoms with Gasteiger partial charge < -0.3 is 11.1 Å². The largest absolute Gasteiger partial charge is 0.396 e. The Morgan fingerprint density at radius 1 is 1.20 bits per heavy atom.